The van der Waals surface area contributed by atoms with Crippen molar-refractivity contribution in [1.29, 1.82) is 0 Å². The highest BCUT2D eigenvalue weighted by Crippen LogP contribution is 2.25. The molecule has 0 bridgehead atoms. The second kappa shape index (κ2) is 8.51. The number of hydrogen-bond donors (Lipinski definition) is 1. The number of carbonyl (C=O) groups is 1. The molecule has 0 aliphatic rings. The van der Waals surface area contributed by atoms with E-state index in [1.54, 1.807) is 30.3 Å². The lowest BCUT2D eigenvalue weighted by Gasteiger charge is -2.11. The summed E-state index contributed by atoms with van der Waals surface area (Å²) in [6.45, 7) is 0. The summed E-state index contributed by atoms with van der Waals surface area (Å²) in [5, 5.41) is 10.2. The predicted octanol–water partition coefficient (Wildman–Crippen LogP) is 2.26. The van der Waals surface area contributed by atoms with Gasteiger partial charge in [-0.15, -0.1) is 5.10 Å². The summed E-state index contributed by atoms with van der Waals surface area (Å²) in [7, 11) is 2.33. The van der Waals surface area contributed by atoms with Crippen molar-refractivity contribution < 1.29 is 27.1 Å². The number of amides is 1. The maximum Gasteiger partial charge on any atom is 0.322 e. The second-order valence-electron chi connectivity index (χ2n) is 6.28. The average Bonchev–Trinajstić information content (AvgIpc) is 3.21. The number of carbonyl (C=O) groups excluding carboxylic acids is 1. The van der Waals surface area contributed by atoms with Crippen LogP contribution in [0.25, 0.3) is 11.5 Å². The van der Waals surface area contributed by atoms with Crippen molar-refractivity contribution in [3.63, 3.8) is 0 Å². The third-order valence-corrected chi connectivity index (χ3v) is 5.97. The fourth-order valence-electron chi connectivity index (χ4n) is 2.48. The van der Waals surface area contributed by atoms with Crippen LogP contribution in [0.2, 0.25) is 0 Å². The van der Waals surface area contributed by atoms with Crippen molar-refractivity contribution in [2.75, 3.05) is 33.6 Å². The molecule has 3 rings (SSSR count). The molecule has 11 heteroatoms. The minimum atomic E-state index is -3.54. The standard InChI is InChI=1S/C19H20N4O6S/c1-23(2)30(25,26)16-7-5-12(6-8-16)18-21-22-19(29-18)20-17(24)13-9-14(27-3)11-15(10-13)28-4/h5-11H,1-4H3,(H,20,22,24). The number of ether oxygens (including phenoxy) is 2. The van der Waals surface area contributed by atoms with Crippen LogP contribution in [-0.4, -0.2) is 57.1 Å². The van der Waals surface area contributed by atoms with Gasteiger partial charge in [0.2, 0.25) is 15.9 Å². The Morgan fingerprint density at radius 2 is 1.60 bits per heavy atom. The molecule has 0 atom stereocenters. The Hall–Kier alpha value is -3.44. The zero-order chi connectivity index (χ0) is 21.9. The van der Waals surface area contributed by atoms with Gasteiger partial charge in [0.1, 0.15) is 11.5 Å². The molecular formula is C19H20N4O6S. The minimum absolute atomic E-state index is 0.109. The monoisotopic (exact) mass is 432 g/mol. The van der Waals surface area contributed by atoms with Crippen LogP contribution < -0.4 is 14.8 Å². The van der Waals surface area contributed by atoms with Gasteiger partial charge in [-0.25, -0.2) is 12.7 Å². The maximum absolute atomic E-state index is 12.5. The molecule has 3 aromatic rings. The SMILES string of the molecule is COc1cc(OC)cc(C(=O)Nc2nnc(-c3ccc(S(=O)(=O)N(C)C)cc3)o2)c1. The van der Waals surface area contributed by atoms with E-state index in [0.717, 1.165) is 4.31 Å². The fraction of sp³-hybridized carbons (Fsp3) is 0.211. The number of hydrogen-bond acceptors (Lipinski definition) is 8. The van der Waals surface area contributed by atoms with Gasteiger partial charge in [0.15, 0.2) is 0 Å². The van der Waals surface area contributed by atoms with Gasteiger partial charge < -0.3 is 13.9 Å². The first-order valence-electron chi connectivity index (χ1n) is 8.65. The van der Waals surface area contributed by atoms with Gasteiger partial charge in [0, 0.05) is 31.3 Å². The largest absolute Gasteiger partial charge is 0.497 e. The Morgan fingerprint density at radius 1 is 1.00 bits per heavy atom. The van der Waals surface area contributed by atoms with Gasteiger partial charge in [0.05, 0.1) is 19.1 Å². The summed E-state index contributed by atoms with van der Waals surface area (Å²) in [5.41, 5.74) is 0.785. The molecule has 0 unspecified atom stereocenters. The van der Waals surface area contributed by atoms with Crippen molar-refractivity contribution in [2.24, 2.45) is 0 Å². The van der Waals surface area contributed by atoms with Gasteiger partial charge in [-0.3, -0.25) is 10.1 Å². The van der Waals surface area contributed by atoms with Crippen molar-refractivity contribution in [1.82, 2.24) is 14.5 Å². The molecular weight excluding hydrogens is 412 g/mol. The Kier molecular flexibility index (Phi) is 6.04. The quantitative estimate of drug-likeness (QED) is 0.603. The van der Waals surface area contributed by atoms with Crippen LogP contribution in [0.15, 0.2) is 51.8 Å². The number of sulfonamides is 1. The highest BCUT2D eigenvalue weighted by molar-refractivity contribution is 7.89. The van der Waals surface area contributed by atoms with Crippen LogP contribution in [-0.2, 0) is 10.0 Å². The number of nitrogens with zero attached hydrogens (tertiary/aromatic N) is 3. The molecule has 0 aliphatic heterocycles. The van der Waals surface area contributed by atoms with E-state index in [9.17, 15) is 13.2 Å². The zero-order valence-electron chi connectivity index (χ0n) is 16.7. The van der Waals surface area contributed by atoms with Crippen LogP contribution in [0.3, 0.4) is 0 Å². The topological polar surface area (TPSA) is 124 Å². The molecule has 158 valence electrons. The first-order chi connectivity index (χ1) is 14.2. The first kappa shape index (κ1) is 21.3. The highest BCUT2D eigenvalue weighted by Gasteiger charge is 2.18. The zero-order valence-corrected chi connectivity index (χ0v) is 17.6. The highest BCUT2D eigenvalue weighted by atomic mass is 32.2. The summed E-state index contributed by atoms with van der Waals surface area (Å²) >= 11 is 0. The van der Waals surface area contributed by atoms with Crippen molar-refractivity contribution >= 4 is 21.9 Å². The number of anilines is 1. The van der Waals surface area contributed by atoms with E-state index in [1.165, 1.54) is 40.4 Å². The van der Waals surface area contributed by atoms with Gasteiger partial charge in [0.25, 0.3) is 5.91 Å². The molecule has 10 nitrogen and oxygen atoms in total. The van der Waals surface area contributed by atoms with Crippen LogP contribution in [0.5, 0.6) is 11.5 Å². The van der Waals surface area contributed by atoms with E-state index in [0.29, 0.717) is 17.1 Å². The van der Waals surface area contributed by atoms with Gasteiger partial charge in [-0.05, 0) is 36.4 Å². The Balaban J connectivity index is 1.78. The summed E-state index contributed by atoms with van der Waals surface area (Å²) < 4.78 is 41.2. The van der Waals surface area contributed by atoms with Crippen LogP contribution >= 0.6 is 0 Å². The van der Waals surface area contributed by atoms with E-state index in [4.69, 9.17) is 13.9 Å². The van der Waals surface area contributed by atoms with E-state index in [2.05, 4.69) is 15.5 Å². The molecule has 2 aromatic carbocycles. The fourth-order valence-corrected chi connectivity index (χ4v) is 3.38. The van der Waals surface area contributed by atoms with Crippen LogP contribution in [0.1, 0.15) is 10.4 Å². The van der Waals surface area contributed by atoms with E-state index < -0.39 is 15.9 Å². The van der Waals surface area contributed by atoms with Crippen molar-refractivity contribution in [2.45, 2.75) is 4.90 Å². The van der Waals surface area contributed by atoms with E-state index in [1.807, 2.05) is 0 Å². The second-order valence-corrected chi connectivity index (χ2v) is 8.43. The molecule has 0 spiro atoms. The summed E-state index contributed by atoms with van der Waals surface area (Å²) in [4.78, 5) is 12.6. The normalized spacial score (nSPS) is 11.4. The van der Waals surface area contributed by atoms with Gasteiger partial charge >= 0.3 is 6.01 Å². The number of rotatable bonds is 7. The van der Waals surface area contributed by atoms with E-state index >= 15 is 0 Å². The molecule has 1 N–H and O–H groups in total. The smallest absolute Gasteiger partial charge is 0.322 e. The number of aromatic nitrogens is 2. The Labute approximate surface area is 173 Å². The third kappa shape index (κ3) is 4.42. The number of nitrogens with one attached hydrogen (secondary N) is 1. The first-order valence-corrected chi connectivity index (χ1v) is 10.1. The van der Waals surface area contributed by atoms with E-state index in [-0.39, 0.29) is 22.4 Å². The molecule has 1 heterocycles. The Bertz CT molecular complexity index is 1130. The number of methoxy groups -OCH3 is 2. The van der Waals surface area contributed by atoms with Crippen LogP contribution in [0, 0.1) is 0 Å². The van der Waals surface area contributed by atoms with Crippen LogP contribution in [0.4, 0.5) is 6.01 Å². The molecule has 0 fully saturated rings. The maximum atomic E-state index is 12.5. The molecule has 30 heavy (non-hydrogen) atoms. The van der Waals surface area contributed by atoms with Crippen molar-refractivity contribution in [3.05, 3.63) is 48.0 Å². The predicted molar refractivity (Wildman–Crippen MR) is 108 cm³/mol. The molecule has 0 aliphatic carbocycles. The number of benzene rings is 2. The molecule has 0 radical (unpaired) electrons. The lowest BCUT2D eigenvalue weighted by Crippen LogP contribution is -2.22. The van der Waals surface area contributed by atoms with Crippen molar-refractivity contribution in [3.8, 4) is 23.0 Å². The van der Waals surface area contributed by atoms with Gasteiger partial charge in [-0.1, -0.05) is 5.10 Å². The summed E-state index contributed by atoms with van der Waals surface area (Å²) in [6, 6.07) is 10.6. The summed E-state index contributed by atoms with van der Waals surface area (Å²) in [5.74, 6) is 0.550. The molecule has 0 saturated carbocycles. The molecule has 1 amide bonds. The molecule has 1 aromatic heterocycles. The third-order valence-electron chi connectivity index (χ3n) is 4.14. The average molecular weight is 432 g/mol. The lowest BCUT2D eigenvalue weighted by molar-refractivity contribution is 0.102. The minimum Gasteiger partial charge on any atom is -0.497 e. The lowest BCUT2D eigenvalue weighted by atomic mass is 10.2. The summed E-state index contributed by atoms with van der Waals surface area (Å²) in [6.07, 6.45) is 0. The van der Waals surface area contributed by atoms with Gasteiger partial charge in [-0.2, -0.15) is 0 Å². The molecule has 0 saturated heterocycles. The Morgan fingerprint density at radius 3 is 2.13 bits per heavy atom.